The van der Waals surface area contributed by atoms with Crippen LogP contribution in [0.2, 0.25) is 0 Å². The molecule has 1 aliphatic rings. The van der Waals surface area contributed by atoms with Crippen molar-refractivity contribution in [3.8, 4) is 11.8 Å². The van der Waals surface area contributed by atoms with Crippen molar-refractivity contribution in [1.82, 2.24) is 14.8 Å². The van der Waals surface area contributed by atoms with Crippen LogP contribution in [0.4, 0.5) is 0 Å². The molecule has 2 aromatic heterocycles. The highest BCUT2D eigenvalue weighted by Crippen LogP contribution is 2.27. The number of hydrogen-bond donors (Lipinski definition) is 1. The monoisotopic (exact) mass is 319 g/mol. The van der Waals surface area contributed by atoms with E-state index >= 15 is 0 Å². The van der Waals surface area contributed by atoms with Crippen molar-refractivity contribution in [2.45, 2.75) is 43.1 Å². The molecule has 0 bridgehead atoms. The Morgan fingerprint density at radius 2 is 2.29 bits per heavy atom. The Morgan fingerprint density at radius 1 is 1.33 bits per heavy atom. The second-order valence-corrected chi connectivity index (χ2v) is 6.85. The molecule has 110 valence electrons. The van der Waals surface area contributed by atoms with Gasteiger partial charge in [-0.05, 0) is 18.9 Å². The summed E-state index contributed by atoms with van der Waals surface area (Å²) in [4.78, 5) is 1.27. The van der Waals surface area contributed by atoms with Crippen molar-refractivity contribution in [2.24, 2.45) is 0 Å². The Morgan fingerprint density at radius 3 is 3.19 bits per heavy atom. The summed E-state index contributed by atoms with van der Waals surface area (Å²) in [5.74, 6) is 7.64. The van der Waals surface area contributed by atoms with E-state index in [0.29, 0.717) is 0 Å². The van der Waals surface area contributed by atoms with Gasteiger partial charge in [0, 0.05) is 34.5 Å². The van der Waals surface area contributed by atoms with Crippen LogP contribution in [-0.2, 0) is 18.7 Å². The number of rotatable bonds is 3. The highest BCUT2D eigenvalue weighted by Gasteiger charge is 2.15. The van der Waals surface area contributed by atoms with Gasteiger partial charge in [0.25, 0.3) is 0 Å². The van der Waals surface area contributed by atoms with E-state index in [1.807, 2.05) is 5.38 Å². The van der Waals surface area contributed by atoms with Gasteiger partial charge in [0.1, 0.15) is 12.4 Å². The van der Waals surface area contributed by atoms with Crippen LogP contribution in [0, 0.1) is 11.8 Å². The number of thioether (sulfide) groups is 1. The van der Waals surface area contributed by atoms with Gasteiger partial charge in [-0.2, -0.15) is 0 Å². The van der Waals surface area contributed by atoms with E-state index in [1.165, 1.54) is 24.1 Å². The highest BCUT2D eigenvalue weighted by atomic mass is 32.2. The Hall–Kier alpha value is -1.29. The third-order valence-electron chi connectivity index (χ3n) is 3.38. The molecule has 1 aliphatic heterocycles. The molecule has 0 saturated heterocycles. The zero-order chi connectivity index (χ0) is 14.5. The summed E-state index contributed by atoms with van der Waals surface area (Å²) in [5, 5.41) is 20.4. The van der Waals surface area contributed by atoms with Crippen LogP contribution in [-0.4, -0.2) is 26.5 Å². The topological polar surface area (TPSA) is 50.9 Å². The van der Waals surface area contributed by atoms with Gasteiger partial charge < -0.3 is 9.67 Å². The smallest absolute Gasteiger partial charge is 0.191 e. The van der Waals surface area contributed by atoms with Gasteiger partial charge in [-0.25, -0.2) is 0 Å². The van der Waals surface area contributed by atoms with E-state index in [2.05, 4.69) is 32.7 Å². The van der Waals surface area contributed by atoms with Gasteiger partial charge in [0.2, 0.25) is 0 Å². The zero-order valence-corrected chi connectivity index (χ0v) is 13.3. The van der Waals surface area contributed by atoms with Crippen molar-refractivity contribution in [1.29, 1.82) is 0 Å². The number of aliphatic hydroxyl groups excluding tert-OH is 1. The molecule has 0 aromatic carbocycles. The van der Waals surface area contributed by atoms with Crippen LogP contribution in [0.3, 0.4) is 0 Å². The Bertz CT molecular complexity index is 666. The van der Waals surface area contributed by atoms with Crippen LogP contribution in [0.1, 0.15) is 35.5 Å². The molecule has 0 amide bonds. The summed E-state index contributed by atoms with van der Waals surface area (Å²) in [6, 6.07) is 2.08. The average Bonchev–Trinajstić information content (AvgIpc) is 3.03. The first kappa shape index (κ1) is 14.6. The van der Waals surface area contributed by atoms with Crippen LogP contribution >= 0.6 is 23.1 Å². The molecule has 4 nitrogen and oxygen atoms in total. The van der Waals surface area contributed by atoms with E-state index in [9.17, 15) is 0 Å². The molecule has 3 rings (SSSR count). The van der Waals surface area contributed by atoms with Crippen molar-refractivity contribution < 1.29 is 5.11 Å². The predicted molar refractivity (Wildman–Crippen MR) is 85.4 cm³/mol. The molecule has 2 aromatic rings. The molecule has 0 radical (unpaired) electrons. The standard InChI is InChI=1S/C15H17N3OS2/c19-8-4-5-12-9-13(20-10-12)11-21-15-17-16-14-6-2-1-3-7-18(14)15/h9-10,19H,1-3,6-8,11H2. The van der Waals surface area contributed by atoms with Crippen molar-refractivity contribution in [3.05, 3.63) is 27.7 Å². The molecule has 3 heterocycles. The maximum absolute atomic E-state index is 8.71. The van der Waals surface area contributed by atoms with Crippen LogP contribution in [0.15, 0.2) is 16.6 Å². The van der Waals surface area contributed by atoms with Crippen LogP contribution in [0.5, 0.6) is 0 Å². The summed E-state index contributed by atoms with van der Waals surface area (Å²) < 4.78 is 2.28. The number of aliphatic hydroxyl groups is 1. The molecular weight excluding hydrogens is 302 g/mol. The number of aromatic nitrogens is 3. The van der Waals surface area contributed by atoms with Crippen LogP contribution < -0.4 is 0 Å². The first-order valence-electron chi connectivity index (χ1n) is 7.09. The molecule has 0 spiro atoms. The van der Waals surface area contributed by atoms with Gasteiger partial charge >= 0.3 is 0 Å². The fourth-order valence-corrected chi connectivity index (χ4v) is 4.22. The molecular formula is C15H17N3OS2. The summed E-state index contributed by atoms with van der Waals surface area (Å²) in [7, 11) is 0. The summed E-state index contributed by atoms with van der Waals surface area (Å²) in [5.41, 5.74) is 0.977. The second kappa shape index (κ2) is 7.12. The molecule has 0 fully saturated rings. The molecule has 1 N–H and O–H groups in total. The average molecular weight is 319 g/mol. The summed E-state index contributed by atoms with van der Waals surface area (Å²) in [6.07, 6.45) is 4.78. The van der Waals surface area contributed by atoms with E-state index in [-0.39, 0.29) is 6.61 Å². The molecule has 0 saturated carbocycles. The molecule has 0 unspecified atom stereocenters. The predicted octanol–water partition coefficient (Wildman–Crippen LogP) is 2.70. The third kappa shape index (κ3) is 3.67. The maximum atomic E-state index is 8.71. The quantitative estimate of drug-likeness (QED) is 0.698. The highest BCUT2D eigenvalue weighted by molar-refractivity contribution is 7.98. The molecule has 6 heteroatoms. The Balaban J connectivity index is 1.65. The van der Waals surface area contributed by atoms with Crippen LogP contribution in [0.25, 0.3) is 0 Å². The maximum Gasteiger partial charge on any atom is 0.191 e. The fraction of sp³-hybridized carbons (Fsp3) is 0.467. The van der Waals surface area contributed by atoms with Gasteiger partial charge in [-0.3, -0.25) is 0 Å². The van der Waals surface area contributed by atoms with Gasteiger partial charge in [0.15, 0.2) is 5.16 Å². The number of aryl methyl sites for hydroxylation is 1. The Kier molecular flexibility index (Phi) is 4.96. The van der Waals surface area contributed by atoms with Crippen molar-refractivity contribution >= 4 is 23.1 Å². The normalized spacial score (nSPS) is 14.1. The first-order valence-corrected chi connectivity index (χ1v) is 8.95. The molecule has 0 atom stereocenters. The minimum absolute atomic E-state index is 0.0915. The van der Waals surface area contributed by atoms with Gasteiger partial charge in [-0.15, -0.1) is 21.5 Å². The van der Waals surface area contributed by atoms with E-state index in [4.69, 9.17) is 5.11 Å². The lowest BCUT2D eigenvalue weighted by molar-refractivity contribution is 0.350. The minimum Gasteiger partial charge on any atom is -0.384 e. The third-order valence-corrected chi connectivity index (χ3v) is 5.52. The fourth-order valence-electron chi connectivity index (χ4n) is 2.36. The SMILES string of the molecule is OCC#Cc1csc(CSc2nnc3n2CCCCC3)c1. The van der Waals surface area contributed by atoms with Crippen molar-refractivity contribution in [2.75, 3.05) is 6.61 Å². The first-order chi connectivity index (χ1) is 10.4. The zero-order valence-electron chi connectivity index (χ0n) is 11.7. The number of nitrogens with zero attached hydrogens (tertiary/aromatic N) is 3. The number of fused-ring (bicyclic) bond motifs is 1. The van der Waals surface area contributed by atoms with E-state index in [0.717, 1.165) is 35.3 Å². The molecule has 21 heavy (non-hydrogen) atoms. The lowest BCUT2D eigenvalue weighted by Crippen LogP contribution is -2.02. The Labute approximate surface area is 132 Å². The van der Waals surface area contributed by atoms with Gasteiger partial charge in [0.05, 0.1) is 0 Å². The van der Waals surface area contributed by atoms with Gasteiger partial charge in [-0.1, -0.05) is 30.0 Å². The summed E-state index contributed by atoms with van der Waals surface area (Å²) in [6.45, 7) is 0.953. The number of hydrogen-bond acceptors (Lipinski definition) is 5. The van der Waals surface area contributed by atoms with E-state index < -0.39 is 0 Å². The van der Waals surface area contributed by atoms with E-state index in [1.54, 1.807) is 23.1 Å². The second-order valence-electron chi connectivity index (χ2n) is 4.91. The minimum atomic E-state index is -0.0915. The summed E-state index contributed by atoms with van der Waals surface area (Å²) >= 11 is 3.44. The lowest BCUT2D eigenvalue weighted by Gasteiger charge is -2.05. The number of thiophene rings is 1. The molecule has 0 aliphatic carbocycles. The largest absolute Gasteiger partial charge is 0.384 e. The lowest BCUT2D eigenvalue weighted by atomic mass is 10.2. The van der Waals surface area contributed by atoms with Crippen molar-refractivity contribution in [3.63, 3.8) is 0 Å².